The Morgan fingerprint density at radius 2 is 1.82 bits per heavy atom. The Labute approximate surface area is 99.7 Å². The van der Waals surface area contributed by atoms with Gasteiger partial charge < -0.3 is 4.57 Å². The van der Waals surface area contributed by atoms with Gasteiger partial charge in [0, 0.05) is 6.92 Å². The second-order valence-electron chi connectivity index (χ2n) is 4.05. The van der Waals surface area contributed by atoms with Crippen LogP contribution in [0.5, 0.6) is 0 Å². The summed E-state index contributed by atoms with van der Waals surface area (Å²) in [5.74, 6) is -0.511. The molecule has 0 amide bonds. The Hall–Kier alpha value is -1.90. The number of halogens is 1. The molecule has 1 aromatic carbocycles. The van der Waals surface area contributed by atoms with Gasteiger partial charge in [0.2, 0.25) is 0 Å². The number of rotatable bonds is 3. The number of nitrogens with zero attached hydrogens (tertiary/aromatic N) is 1. The van der Waals surface area contributed by atoms with Gasteiger partial charge in [0.1, 0.15) is 0 Å². The number of hydrogen-bond donors (Lipinski definition) is 0. The maximum atomic E-state index is 13.7. The third-order valence-corrected chi connectivity index (χ3v) is 2.90. The highest BCUT2D eigenvalue weighted by atomic mass is 19.1. The maximum absolute atomic E-state index is 13.7. The van der Waals surface area contributed by atoms with Crippen molar-refractivity contribution in [3.8, 4) is 0 Å². The van der Waals surface area contributed by atoms with Crippen LogP contribution >= 0.6 is 0 Å². The zero-order chi connectivity index (χ0) is 12.4. The molecule has 1 heterocycles. The van der Waals surface area contributed by atoms with Crippen LogP contribution in [0.4, 0.5) is 4.39 Å². The van der Waals surface area contributed by atoms with Crippen molar-refractivity contribution in [2.45, 2.75) is 19.9 Å². The van der Waals surface area contributed by atoms with Gasteiger partial charge >= 0.3 is 0 Å². The molecule has 0 saturated heterocycles. The van der Waals surface area contributed by atoms with Gasteiger partial charge in [-0.05, 0) is 24.6 Å². The van der Waals surface area contributed by atoms with Crippen molar-refractivity contribution in [1.82, 2.24) is 4.57 Å². The number of ketones is 1. The van der Waals surface area contributed by atoms with Gasteiger partial charge in [-0.1, -0.05) is 30.3 Å². The second-order valence-corrected chi connectivity index (χ2v) is 4.05. The van der Waals surface area contributed by atoms with Gasteiger partial charge in [0.05, 0.1) is 11.7 Å². The molecule has 2 nitrogen and oxygen atoms in total. The molecule has 0 bridgehead atoms. The quantitative estimate of drug-likeness (QED) is 0.742. The summed E-state index contributed by atoms with van der Waals surface area (Å²) in [6, 6.07) is 12.2. The molecular formula is C14H14FNO. The SMILES string of the molecule is CC(=O)c1ccc(F)n1[C@H](C)c1ccccc1. The lowest BCUT2D eigenvalue weighted by Crippen LogP contribution is -2.14. The molecule has 0 aliphatic rings. The Morgan fingerprint density at radius 1 is 1.18 bits per heavy atom. The molecule has 3 heteroatoms. The van der Waals surface area contributed by atoms with E-state index in [0.717, 1.165) is 5.56 Å². The van der Waals surface area contributed by atoms with E-state index in [1.165, 1.54) is 23.6 Å². The molecule has 88 valence electrons. The van der Waals surface area contributed by atoms with Crippen molar-refractivity contribution in [2.75, 3.05) is 0 Å². The van der Waals surface area contributed by atoms with Crippen LogP contribution in [0, 0.1) is 5.95 Å². The van der Waals surface area contributed by atoms with Crippen molar-refractivity contribution in [3.63, 3.8) is 0 Å². The van der Waals surface area contributed by atoms with E-state index >= 15 is 0 Å². The van der Waals surface area contributed by atoms with Crippen molar-refractivity contribution >= 4 is 5.78 Å². The van der Waals surface area contributed by atoms with E-state index in [2.05, 4.69) is 0 Å². The number of benzene rings is 1. The van der Waals surface area contributed by atoms with Crippen LogP contribution in [0.15, 0.2) is 42.5 Å². The van der Waals surface area contributed by atoms with Crippen LogP contribution in [0.2, 0.25) is 0 Å². The van der Waals surface area contributed by atoms with E-state index < -0.39 is 0 Å². The van der Waals surface area contributed by atoms with E-state index in [1.54, 1.807) is 0 Å². The van der Waals surface area contributed by atoms with E-state index in [0.29, 0.717) is 5.69 Å². The van der Waals surface area contributed by atoms with Crippen molar-refractivity contribution in [2.24, 2.45) is 0 Å². The van der Waals surface area contributed by atoms with Gasteiger partial charge in [0.15, 0.2) is 11.7 Å². The predicted molar refractivity (Wildman–Crippen MR) is 64.6 cm³/mol. The summed E-state index contributed by atoms with van der Waals surface area (Å²) in [5.41, 5.74) is 1.38. The van der Waals surface area contributed by atoms with Crippen molar-refractivity contribution in [3.05, 3.63) is 59.7 Å². The standard InChI is InChI=1S/C14H14FNO/c1-10(12-6-4-3-5-7-12)16-13(11(2)17)8-9-14(16)15/h3-10H,1-2H3/t10-/m1/s1. The van der Waals surface area contributed by atoms with E-state index in [9.17, 15) is 9.18 Å². The average molecular weight is 231 g/mol. The Bertz CT molecular complexity index is 530. The number of hydrogen-bond acceptors (Lipinski definition) is 1. The third-order valence-electron chi connectivity index (χ3n) is 2.90. The fraction of sp³-hybridized carbons (Fsp3) is 0.214. The monoisotopic (exact) mass is 231 g/mol. The minimum absolute atomic E-state index is 0.128. The molecule has 0 N–H and O–H groups in total. The van der Waals surface area contributed by atoms with E-state index in [1.807, 2.05) is 37.3 Å². The fourth-order valence-electron chi connectivity index (χ4n) is 1.98. The van der Waals surface area contributed by atoms with Crippen LogP contribution in [-0.2, 0) is 0 Å². The summed E-state index contributed by atoms with van der Waals surface area (Å²) in [5, 5.41) is 0. The first-order valence-corrected chi connectivity index (χ1v) is 5.54. The summed E-state index contributed by atoms with van der Waals surface area (Å²) < 4.78 is 15.1. The van der Waals surface area contributed by atoms with E-state index in [-0.39, 0.29) is 17.8 Å². The molecule has 2 rings (SSSR count). The van der Waals surface area contributed by atoms with Gasteiger partial charge in [-0.3, -0.25) is 4.79 Å². The Kier molecular flexibility index (Phi) is 3.09. The molecule has 0 radical (unpaired) electrons. The lowest BCUT2D eigenvalue weighted by atomic mass is 10.1. The molecule has 0 aliphatic heterocycles. The topological polar surface area (TPSA) is 22.0 Å². The first kappa shape index (κ1) is 11.6. The molecule has 0 fully saturated rings. The highest BCUT2D eigenvalue weighted by molar-refractivity contribution is 5.92. The van der Waals surface area contributed by atoms with Crippen LogP contribution in [0.25, 0.3) is 0 Å². The molecule has 17 heavy (non-hydrogen) atoms. The summed E-state index contributed by atoms with van der Waals surface area (Å²) >= 11 is 0. The van der Waals surface area contributed by atoms with Crippen LogP contribution in [0.1, 0.15) is 35.9 Å². The van der Waals surface area contributed by atoms with Gasteiger partial charge in [0.25, 0.3) is 0 Å². The fourth-order valence-corrected chi connectivity index (χ4v) is 1.98. The largest absolute Gasteiger partial charge is 0.308 e. The molecule has 1 atom stereocenters. The van der Waals surface area contributed by atoms with Crippen LogP contribution in [0.3, 0.4) is 0 Å². The summed E-state index contributed by atoms with van der Waals surface area (Å²) in [7, 11) is 0. The third kappa shape index (κ3) is 2.13. The lowest BCUT2D eigenvalue weighted by molar-refractivity contribution is 0.100. The minimum atomic E-state index is -0.383. The van der Waals surface area contributed by atoms with Crippen molar-refractivity contribution in [1.29, 1.82) is 0 Å². The van der Waals surface area contributed by atoms with Gasteiger partial charge in [-0.2, -0.15) is 4.39 Å². The number of Topliss-reactive ketones (excluding diaryl/α,β-unsaturated/α-hetero) is 1. The zero-order valence-corrected chi connectivity index (χ0v) is 9.85. The van der Waals surface area contributed by atoms with Crippen molar-refractivity contribution < 1.29 is 9.18 Å². The van der Waals surface area contributed by atoms with Crippen LogP contribution < -0.4 is 0 Å². The molecule has 1 aromatic heterocycles. The Morgan fingerprint density at radius 3 is 2.41 bits per heavy atom. The maximum Gasteiger partial charge on any atom is 0.194 e. The lowest BCUT2D eigenvalue weighted by Gasteiger charge is -2.17. The smallest absolute Gasteiger partial charge is 0.194 e. The normalized spacial score (nSPS) is 12.4. The minimum Gasteiger partial charge on any atom is -0.308 e. The van der Waals surface area contributed by atoms with E-state index in [4.69, 9.17) is 0 Å². The molecular weight excluding hydrogens is 217 g/mol. The first-order valence-electron chi connectivity index (χ1n) is 5.54. The molecule has 0 spiro atoms. The summed E-state index contributed by atoms with van der Waals surface area (Å²) in [6.07, 6.45) is 0. The first-order chi connectivity index (χ1) is 8.11. The molecule has 2 aromatic rings. The summed E-state index contributed by atoms with van der Waals surface area (Å²) in [6.45, 7) is 3.33. The highest BCUT2D eigenvalue weighted by Gasteiger charge is 2.17. The number of carbonyl (C=O) groups excluding carboxylic acids is 1. The Balaban J connectivity index is 2.47. The molecule has 0 aliphatic carbocycles. The second kappa shape index (κ2) is 4.53. The van der Waals surface area contributed by atoms with Gasteiger partial charge in [-0.25, -0.2) is 0 Å². The van der Waals surface area contributed by atoms with Crippen LogP contribution in [-0.4, -0.2) is 10.4 Å². The molecule has 0 saturated carbocycles. The zero-order valence-electron chi connectivity index (χ0n) is 9.85. The number of aromatic nitrogens is 1. The number of carbonyl (C=O) groups is 1. The highest BCUT2D eigenvalue weighted by Crippen LogP contribution is 2.22. The average Bonchev–Trinajstić information content (AvgIpc) is 2.71. The molecule has 0 unspecified atom stereocenters. The predicted octanol–water partition coefficient (Wildman–Crippen LogP) is 3.44. The van der Waals surface area contributed by atoms with Gasteiger partial charge in [-0.15, -0.1) is 0 Å². The summed E-state index contributed by atoms with van der Waals surface area (Å²) in [4.78, 5) is 11.4.